The number of hydrogen-bond donors (Lipinski definition) is 2. The Balaban J connectivity index is 1.97. The van der Waals surface area contributed by atoms with Crippen LogP contribution in [0.5, 0.6) is 17.2 Å². The third kappa shape index (κ3) is 3.75. The third-order valence-electron chi connectivity index (χ3n) is 3.02. The summed E-state index contributed by atoms with van der Waals surface area (Å²) in [6, 6.07) is 4.00. The van der Waals surface area contributed by atoms with Gasteiger partial charge in [0.2, 0.25) is 5.75 Å². The number of rotatable bonds is 7. The van der Waals surface area contributed by atoms with Gasteiger partial charge in [-0.15, -0.1) is 0 Å². The van der Waals surface area contributed by atoms with Crippen molar-refractivity contribution in [3.63, 3.8) is 0 Å². The Hall–Kier alpha value is -1.46. The van der Waals surface area contributed by atoms with E-state index >= 15 is 0 Å². The monoisotopic (exact) mass is 266 g/mol. The fourth-order valence-corrected chi connectivity index (χ4v) is 2.06. The lowest BCUT2D eigenvalue weighted by molar-refractivity contribution is 0.165. The summed E-state index contributed by atoms with van der Waals surface area (Å²) < 4.78 is 16.5. The first-order valence-electron chi connectivity index (χ1n) is 6.72. The van der Waals surface area contributed by atoms with Crippen LogP contribution in [0.4, 0.5) is 0 Å². The summed E-state index contributed by atoms with van der Waals surface area (Å²) in [6.07, 6.45) is 2.15. The molecule has 1 aliphatic heterocycles. The minimum atomic E-state index is 0.569. The van der Waals surface area contributed by atoms with Crippen LogP contribution in [-0.2, 0) is 6.54 Å². The van der Waals surface area contributed by atoms with Crippen molar-refractivity contribution in [3.05, 3.63) is 17.7 Å². The van der Waals surface area contributed by atoms with Crippen molar-refractivity contribution in [1.82, 2.24) is 5.32 Å². The zero-order valence-corrected chi connectivity index (χ0v) is 11.4. The van der Waals surface area contributed by atoms with E-state index in [0.717, 1.165) is 49.5 Å². The average Bonchev–Trinajstić information content (AvgIpc) is 2.46. The minimum absolute atomic E-state index is 0.569. The second-order valence-electron chi connectivity index (χ2n) is 4.49. The molecule has 1 aromatic rings. The molecule has 0 aromatic heterocycles. The van der Waals surface area contributed by atoms with E-state index in [9.17, 15) is 0 Å². The van der Waals surface area contributed by atoms with Crippen LogP contribution in [0.3, 0.4) is 0 Å². The molecule has 0 spiro atoms. The van der Waals surface area contributed by atoms with Crippen LogP contribution in [0.2, 0.25) is 0 Å². The highest BCUT2D eigenvalue weighted by Crippen LogP contribution is 2.40. The van der Waals surface area contributed by atoms with Crippen LogP contribution in [-0.4, -0.2) is 33.4 Å². The van der Waals surface area contributed by atoms with Gasteiger partial charge in [0.1, 0.15) is 13.2 Å². The molecule has 0 fully saturated rings. The predicted molar refractivity (Wildman–Crippen MR) is 74.0 cm³/mol. The summed E-state index contributed by atoms with van der Waals surface area (Å²) in [6.45, 7) is 3.66. The van der Waals surface area contributed by atoms with E-state index in [1.54, 1.807) is 7.11 Å². The van der Waals surface area contributed by atoms with Crippen LogP contribution < -0.4 is 25.3 Å². The summed E-state index contributed by atoms with van der Waals surface area (Å²) in [7, 11) is 1.64. The fraction of sp³-hybridized carbons (Fsp3) is 0.571. The molecule has 0 saturated heterocycles. The van der Waals surface area contributed by atoms with Gasteiger partial charge < -0.3 is 25.3 Å². The Morgan fingerprint density at radius 3 is 2.89 bits per heavy atom. The van der Waals surface area contributed by atoms with Crippen LogP contribution in [0.15, 0.2) is 12.1 Å². The van der Waals surface area contributed by atoms with E-state index in [0.29, 0.717) is 19.0 Å². The normalized spacial score (nSPS) is 13.4. The van der Waals surface area contributed by atoms with Crippen LogP contribution in [0.25, 0.3) is 0 Å². The van der Waals surface area contributed by atoms with Crippen LogP contribution >= 0.6 is 0 Å². The zero-order valence-electron chi connectivity index (χ0n) is 11.4. The number of nitrogens with one attached hydrogen (secondary N) is 1. The van der Waals surface area contributed by atoms with Gasteiger partial charge in [-0.05, 0) is 43.6 Å². The van der Waals surface area contributed by atoms with Gasteiger partial charge in [0.25, 0.3) is 0 Å². The quantitative estimate of drug-likeness (QED) is 0.728. The van der Waals surface area contributed by atoms with Crippen molar-refractivity contribution in [1.29, 1.82) is 0 Å². The molecule has 0 unspecified atom stereocenters. The Kier molecular flexibility index (Phi) is 5.30. The van der Waals surface area contributed by atoms with Gasteiger partial charge in [0.05, 0.1) is 7.11 Å². The van der Waals surface area contributed by atoms with Crippen LogP contribution in [0, 0.1) is 0 Å². The van der Waals surface area contributed by atoms with E-state index in [1.807, 2.05) is 12.1 Å². The first kappa shape index (κ1) is 14.0. The Morgan fingerprint density at radius 1 is 1.26 bits per heavy atom. The molecule has 5 heteroatoms. The van der Waals surface area contributed by atoms with E-state index in [2.05, 4.69) is 5.32 Å². The van der Waals surface area contributed by atoms with Gasteiger partial charge >= 0.3 is 0 Å². The van der Waals surface area contributed by atoms with Crippen molar-refractivity contribution >= 4 is 0 Å². The van der Waals surface area contributed by atoms with Gasteiger partial charge in [0, 0.05) is 6.54 Å². The largest absolute Gasteiger partial charge is 0.493 e. The molecule has 0 atom stereocenters. The Morgan fingerprint density at radius 2 is 2.11 bits per heavy atom. The Labute approximate surface area is 114 Å². The predicted octanol–water partition coefficient (Wildman–Crippen LogP) is 1.29. The molecule has 2 rings (SSSR count). The number of benzene rings is 1. The number of hydrogen-bond acceptors (Lipinski definition) is 5. The minimum Gasteiger partial charge on any atom is -0.493 e. The molecule has 0 bridgehead atoms. The highest BCUT2D eigenvalue weighted by molar-refractivity contribution is 5.54. The van der Waals surface area contributed by atoms with E-state index in [-0.39, 0.29) is 0 Å². The second-order valence-corrected chi connectivity index (χ2v) is 4.49. The molecule has 0 radical (unpaired) electrons. The first-order valence-corrected chi connectivity index (χ1v) is 6.72. The molecule has 19 heavy (non-hydrogen) atoms. The van der Waals surface area contributed by atoms with Gasteiger partial charge in [-0.1, -0.05) is 0 Å². The number of methoxy groups -OCH3 is 1. The highest BCUT2D eigenvalue weighted by Gasteiger charge is 2.18. The highest BCUT2D eigenvalue weighted by atomic mass is 16.6. The summed E-state index contributed by atoms with van der Waals surface area (Å²) in [5, 5.41) is 3.39. The molecule has 106 valence electrons. The smallest absolute Gasteiger partial charge is 0.203 e. The van der Waals surface area contributed by atoms with Crippen molar-refractivity contribution < 1.29 is 14.2 Å². The molecule has 1 heterocycles. The lowest BCUT2D eigenvalue weighted by Gasteiger charge is -2.21. The summed E-state index contributed by atoms with van der Waals surface area (Å²) >= 11 is 0. The molecule has 5 nitrogen and oxygen atoms in total. The maximum atomic E-state index is 5.60. The summed E-state index contributed by atoms with van der Waals surface area (Å²) in [4.78, 5) is 0. The summed E-state index contributed by atoms with van der Waals surface area (Å²) in [5.41, 5.74) is 6.59. The maximum Gasteiger partial charge on any atom is 0.203 e. The zero-order chi connectivity index (χ0) is 13.5. The maximum absolute atomic E-state index is 5.60. The molecule has 0 aliphatic carbocycles. The molecular formula is C14H22N2O3. The number of unbranched alkanes of at least 4 members (excludes halogenated alkanes) is 1. The van der Waals surface area contributed by atoms with E-state index in [1.165, 1.54) is 0 Å². The molecular weight excluding hydrogens is 244 g/mol. The van der Waals surface area contributed by atoms with Crippen molar-refractivity contribution in [2.45, 2.75) is 19.4 Å². The second kappa shape index (κ2) is 7.21. The number of ether oxygens (including phenoxy) is 3. The Bertz CT molecular complexity index is 393. The first-order chi connectivity index (χ1) is 9.35. The molecule has 0 amide bonds. The molecule has 1 aliphatic rings. The average molecular weight is 266 g/mol. The SMILES string of the molecule is COc1cc(CNCCCCN)cc2c1OCCO2. The van der Waals surface area contributed by atoms with E-state index < -0.39 is 0 Å². The molecule has 3 N–H and O–H groups in total. The lowest BCUT2D eigenvalue weighted by atomic mass is 10.1. The topological polar surface area (TPSA) is 65.7 Å². The molecule has 1 aromatic carbocycles. The summed E-state index contributed by atoms with van der Waals surface area (Å²) in [5.74, 6) is 2.21. The number of fused-ring (bicyclic) bond motifs is 1. The van der Waals surface area contributed by atoms with Crippen molar-refractivity contribution in [3.8, 4) is 17.2 Å². The van der Waals surface area contributed by atoms with Crippen molar-refractivity contribution in [2.24, 2.45) is 5.73 Å². The van der Waals surface area contributed by atoms with Crippen LogP contribution in [0.1, 0.15) is 18.4 Å². The third-order valence-corrected chi connectivity index (χ3v) is 3.02. The van der Waals surface area contributed by atoms with E-state index in [4.69, 9.17) is 19.9 Å². The van der Waals surface area contributed by atoms with Crippen molar-refractivity contribution in [2.75, 3.05) is 33.4 Å². The molecule has 0 saturated carbocycles. The number of nitrogens with two attached hydrogens (primary N) is 1. The van der Waals surface area contributed by atoms with Gasteiger partial charge in [0.15, 0.2) is 11.5 Å². The van der Waals surface area contributed by atoms with Gasteiger partial charge in [-0.2, -0.15) is 0 Å². The standard InChI is InChI=1S/C14H22N2O3/c1-17-12-8-11(10-16-5-3-2-4-15)9-13-14(12)19-7-6-18-13/h8-9,16H,2-7,10,15H2,1H3. The lowest BCUT2D eigenvalue weighted by Crippen LogP contribution is -2.18. The van der Waals surface area contributed by atoms with Gasteiger partial charge in [-0.25, -0.2) is 0 Å². The fourth-order valence-electron chi connectivity index (χ4n) is 2.06. The van der Waals surface area contributed by atoms with Gasteiger partial charge in [-0.3, -0.25) is 0 Å².